The molecule has 1 fully saturated rings. The molecule has 5 heteroatoms. The Labute approximate surface area is 147 Å². The molecule has 1 saturated carbocycles. The summed E-state index contributed by atoms with van der Waals surface area (Å²) >= 11 is 0. The van der Waals surface area contributed by atoms with E-state index in [9.17, 15) is 4.79 Å². The molecule has 0 bridgehead atoms. The Morgan fingerprint density at radius 3 is 2.84 bits per heavy atom. The lowest BCUT2D eigenvalue weighted by Crippen LogP contribution is -2.34. The average Bonchev–Trinajstić information content (AvgIpc) is 3.37. The minimum absolute atomic E-state index is 0.129. The van der Waals surface area contributed by atoms with Crippen molar-refractivity contribution < 1.29 is 4.79 Å². The molecule has 2 heterocycles. The molecule has 1 N–H and O–H groups in total. The van der Waals surface area contributed by atoms with Crippen molar-refractivity contribution in [3.63, 3.8) is 0 Å². The van der Waals surface area contributed by atoms with Gasteiger partial charge in [-0.05, 0) is 63.6 Å². The Morgan fingerprint density at radius 1 is 1.32 bits per heavy atom. The van der Waals surface area contributed by atoms with Crippen LogP contribution in [0.25, 0.3) is 16.6 Å². The molecule has 1 aromatic carbocycles. The van der Waals surface area contributed by atoms with Crippen LogP contribution in [0.3, 0.4) is 0 Å². The number of nitrogens with one attached hydrogen (secondary N) is 1. The van der Waals surface area contributed by atoms with Crippen LogP contribution in [0.2, 0.25) is 0 Å². The van der Waals surface area contributed by atoms with Crippen LogP contribution in [0.5, 0.6) is 0 Å². The highest BCUT2D eigenvalue weighted by Gasteiger charge is 2.28. The van der Waals surface area contributed by atoms with Crippen molar-refractivity contribution in [1.82, 2.24) is 19.9 Å². The lowest BCUT2D eigenvalue weighted by Gasteiger charge is -2.14. The summed E-state index contributed by atoms with van der Waals surface area (Å²) in [6.07, 6.45) is 3.67. The van der Waals surface area contributed by atoms with Crippen LogP contribution in [-0.2, 0) is 11.2 Å². The van der Waals surface area contributed by atoms with Gasteiger partial charge in [-0.2, -0.15) is 5.10 Å². The number of hydrogen-bond donors (Lipinski definition) is 1. The van der Waals surface area contributed by atoms with E-state index in [0.717, 1.165) is 33.5 Å². The normalized spacial score (nSPS) is 15.6. The van der Waals surface area contributed by atoms with Crippen molar-refractivity contribution in [3.8, 4) is 0 Å². The first kappa shape index (κ1) is 16.1. The fraction of sp³-hybridized carbons (Fsp3) is 0.450. The van der Waals surface area contributed by atoms with Crippen LogP contribution >= 0.6 is 0 Å². The number of benzene rings is 1. The monoisotopic (exact) mass is 336 g/mol. The molecule has 0 saturated heterocycles. The molecule has 1 aliphatic carbocycles. The second kappa shape index (κ2) is 6.14. The second-order valence-electron chi connectivity index (χ2n) is 7.21. The molecule has 0 radical (unpaired) electrons. The standard InChI is InChI=1S/C20H24N4O/c1-12(15-8-9-15)21-19(25)11-10-16-13(2)22-20-17-6-4-5-7-18(17)23-24(20)14(16)3/h4-7,12,15H,8-11H2,1-3H3,(H,21,25). The van der Waals surface area contributed by atoms with Crippen LogP contribution in [0.15, 0.2) is 24.3 Å². The van der Waals surface area contributed by atoms with Gasteiger partial charge in [-0.25, -0.2) is 9.50 Å². The van der Waals surface area contributed by atoms with E-state index in [1.165, 1.54) is 12.8 Å². The molecule has 1 aliphatic rings. The number of aromatic nitrogens is 3. The summed E-state index contributed by atoms with van der Waals surface area (Å²) in [4.78, 5) is 17.0. The molecular formula is C20H24N4O. The number of fused-ring (bicyclic) bond motifs is 3. The number of amides is 1. The van der Waals surface area contributed by atoms with Gasteiger partial charge in [-0.3, -0.25) is 4.79 Å². The van der Waals surface area contributed by atoms with Crippen molar-refractivity contribution in [1.29, 1.82) is 0 Å². The van der Waals surface area contributed by atoms with E-state index < -0.39 is 0 Å². The SMILES string of the molecule is Cc1nc2c3ccccc3nn2c(C)c1CCC(=O)NC(C)C1CC1. The van der Waals surface area contributed by atoms with Gasteiger partial charge in [-0.1, -0.05) is 12.1 Å². The maximum atomic E-state index is 12.2. The topological polar surface area (TPSA) is 59.3 Å². The van der Waals surface area contributed by atoms with Gasteiger partial charge < -0.3 is 5.32 Å². The molecule has 130 valence electrons. The first-order valence-electron chi connectivity index (χ1n) is 9.07. The first-order chi connectivity index (χ1) is 12.0. The van der Waals surface area contributed by atoms with E-state index >= 15 is 0 Å². The second-order valence-corrected chi connectivity index (χ2v) is 7.21. The molecule has 2 aromatic heterocycles. The maximum absolute atomic E-state index is 12.2. The molecule has 1 amide bonds. The third kappa shape index (κ3) is 2.99. The van der Waals surface area contributed by atoms with Crippen LogP contribution in [0.1, 0.15) is 43.1 Å². The van der Waals surface area contributed by atoms with Crippen molar-refractivity contribution >= 4 is 22.5 Å². The summed E-state index contributed by atoms with van der Waals surface area (Å²) in [6.45, 7) is 6.19. The third-order valence-corrected chi connectivity index (χ3v) is 5.34. The summed E-state index contributed by atoms with van der Waals surface area (Å²) in [5.74, 6) is 0.811. The van der Waals surface area contributed by atoms with Crippen LogP contribution in [-0.4, -0.2) is 26.5 Å². The zero-order chi connectivity index (χ0) is 17.6. The van der Waals surface area contributed by atoms with Gasteiger partial charge in [0.2, 0.25) is 5.91 Å². The van der Waals surface area contributed by atoms with Gasteiger partial charge in [-0.15, -0.1) is 0 Å². The van der Waals surface area contributed by atoms with E-state index in [1.54, 1.807) is 0 Å². The molecular weight excluding hydrogens is 312 g/mol. The summed E-state index contributed by atoms with van der Waals surface area (Å²) in [5, 5.41) is 8.87. The minimum atomic E-state index is 0.129. The molecule has 1 unspecified atom stereocenters. The highest BCUT2D eigenvalue weighted by atomic mass is 16.1. The van der Waals surface area contributed by atoms with Crippen LogP contribution in [0.4, 0.5) is 0 Å². The Bertz CT molecular complexity index is 955. The maximum Gasteiger partial charge on any atom is 0.220 e. The Balaban J connectivity index is 1.58. The number of aryl methyl sites for hydroxylation is 2. The minimum Gasteiger partial charge on any atom is -0.353 e. The lowest BCUT2D eigenvalue weighted by molar-refractivity contribution is -0.121. The highest BCUT2D eigenvalue weighted by Crippen LogP contribution is 2.32. The van der Waals surface area contributed by atoms with Crippen molar-refractivity contribution in [2.24, 2.45) is 5.92 Å². The fourth-order valence-electron chi connectivity index (χ4n) is 3.62. The van der Waals surface area contributed by atoms with Crippen LogP contribution < -0.4 is 5.32 Å². The van der Waals surface area contributed by atoms with Gasteiger partial charge in [0.05, 0.1) is 5.52 Å². The van der Waals surface area contributed by atoms with Gasteiger partial charge in [0.1, 0.15) is 0 Å². The largest absolute Gasteiger partial charge is 0.353 e. The molecule has 5 nitrogen and oxygen atoms in total. The average molecular weight is 336 g/mol. The summed E-state index contributed by atoms with van der Waals surface area (Å²) in [7, 11) is 0. The zero-order valence-corrected chi connectivity index (χ0v) is 15.0. The van der Waals surface area contributed by atoms with E-state index in [1.807, 2.05) is 29.6 Å². The number of hydrogen-bond acceptors (Lipinski definition) is 3. The molecule has 3 aromatic rings. The Morgan fingerprint density at radius 2 is 2.08 bits per heavy atom. The van der Waals surface area contributed by atoms with E-state index in [0.29, 0.717) is 24.8 Å². The van der Waals surface area contributed by atoms with Crippen molar-refractivity contribution in [2.45, 2.75) is 52.5 Å². The molecule has 0 aliphatic heterocycles. The summed E-state index contributed by atoms with van der Waals surface area (Å²) in [6, 6.07) is 8.35. The smallest absolute Gasteiger partial charge is 0.220 e. The summed E-state index contributed by atoms with van der Waals surface area (Å²) in [5.41, 5.74) is 5.02. The molecule has 0 spiro atoms. The molecule has 1 atom stereocenters. The zero-order valence-electron chi connectivity index (χ0n) is 15.0. The van der Waals surface area contributed by atoms with Gasteiger partial charge in [0, 0.05) is 29.2 Å². The van der Waals surface area contributed by atoms with Crippen molar-refractivity contribution in [2.75, 3.05) is 0 Å². The Kier molecular flexibility index (Phi) is 3.94. The van der Waals surface area contributed by atoms with Gasteiger partial charge >= 0.3 is 0 Å². The number of carbonyl (C=O) groups excluding carboxylic acids is 1. The fourth-order valence-corrected chi connectivity index (χ4v) is 3.62. The lowest BCUT2D eigenvalue weighted by atomic mass is 10.1. The van der Waals surface area contributed by atoms with E-state index in [2.05, 4.69) is 30.3 Å². The summed E-state index contributed by atoms with van der Waals surface area (Å²) < 4.78 is 1.91. The molecule has 4 rings (SSSR count). The number of carbonyl (C=O) groups is 1. The predicted octanol–water partition coefficient (Wildman–Crippen LogP) is 3.35. The third-order valence-electron chi connectivity index (χ3n) is 5.34. The Hall–Kier alpha value is -2.43. The predicted molar refractivity (Wildman–Crippen MR) is 98.6 cm³/mol. The highest BCUT2D eigenvalue weighted by molar-refractivity contribution is 5.92. The number of rotatable bonds is 5. The first-order valence-corrected chi connectivity index (χ1v) is 9.07. The van der Waals surface area contributed by atoms with Crippen molar-refractivity contribution in [3.05, 3.63) is 41.2 Å². The quantitative estimate of drug-likeness (QED) is 0.777. The number of nitrogens with zero attached hydrogens (tertiary/aromatic N) is 3. The van der Waals surface area contributed by atoms with E-state index in [-0.39, 0.29) is 5.91 Å². The van der Waals surface area contributed by atoms with Gasteiger partial charge in [0.15, 0.2) is 5.65 Å². The van der Waals surface area contributed by atoms with E-state index in [4.69, 9.17) is 4.98 Å². The molecule has 25 heavy (non-hydrogen) atoms. The van der Waals surface area contributed by atoms with Crippen LogP contribution in [0, 0.1) is 19.8 Å². The van der Waals surface area contributed by atoms with Gasteiger partial charge in [0.25, 0.3) is 0 Å².